The van der Waals surface area contributed by atoms with Crippen molar-refractivity contribution in [1.82, 2.24) is 10.3 Å². The van der Waals surface area contributed by atoms with Gasteiger partial charge in [0.2, 0.25) is 0 Å². The van der Waals surface area contributed by atoms with E-state index in [1.54, 1.807) is 6.07 Å². The molecular formula is C9H11FN2. The van der Waals surface area contributed by atoms with Crippen molar-refractivity contribution in [2.45, 2.75) is 13.0 Å². The van der Waals surface area contributed by atoms with Gasteiger partial charge in [-0.1, -0.05) is 6.92 Å². The molecule has 1 aromatic heterocycles. The second kappa shape index (κ2) is 2.83. The summed E-state index contributed by atoms with van der Waals surface area (Å²) in [6, 6.07) is 3.52. The molecule has 12 heavy (non-hydrogen) atoms. The molecule has 0 aromatic carbocycles. The monoisotopic (exact) mass is 166 g/mol. The maximum atomic E-state index is 12.5. The molecule has 1 fully saturated rings. The van der Waals surface area contributed by atoms with E-state index in [9.17, 15) is 4.39 Å². The molecule has 64 valence electrons. The molecule has 0 saturated carbocycles. The molecular weight excluding hydrogens is 155 g/mol. The number of hydrogen-bond donors (Lipinski definition) is 1. The Morgan fingerprint density at radius 2 is 2.42 bits per heavy atom. The summed E-state index contributed by atoms with van der Waals surface area (Å²) in [7, 11) is 0. The fourth-order valence-corrected chi connectivity index (χ4v) is 1.44. The smallest absolute Gasteiger partial charge is 0.141 e. The zero-order chi connectivity index (χ0) is 8.55. The summed E-state index contributed by atoms with van der Waals surface area (Å²) in [6.07, 6.45) is 1.27. The first kappa shape index (κ1) is 7.68. The number of aromatic nitrogens is 1. The van der Waals surface area contributed by atoms with Crippen molar-refractivity contribution in [3.63, 3.8) is 0 Å². The Morgan fingerprint density at radius 3 is 2.83 bits per heavy atom. The predicted molar refractivity (Wildman–Crippen MR) is 44.1 cm³/mol. The molecule has 1 N–H and O–H groups in total. The van der Waals surface area contributed by atoms with Crippen LogP contribution in [0.3, 0.4) is 0 Å². The third-order valence-corrected chi connectivity index (χ3v) is 2.30. The molecule has 0 radical (unpaired) electrons. The fourth-order valence-electron chi connectivity index (χ4n) is 1.44. The molecule has 1 saturated heterocycles. The van der Waals surface area contributed by atoms with Gasteiger partial charge < -0.3 is 5.32 Å². The Bertz CT molecular complexity index is 270. The van der Waals surface area contributed by atoms with E-state index < -0.39 is 0 Å². The zero-order valence-corrected chi connectivity index (χ0v) is 6.92. The van der Waals surface area contributed by atoms with Crippen molar-refractivity contribution >= 4 is 0 Å². The minimum atomic E-state index is -0.272. The zero-order valence-electron chi connectivity index (χ0n) is 6.92. The molecule has 0 amide bonds. The quantitative estimate of drug-likeness (QED) is 0.683. The van der Waals surface area contributed by atoms with Gasteiger partial charge in [-0.2, -0.15) is 0 Å². The van der Waals surface area contributed by atoms with Gasteiger partial charge in [-0.25, -0.2) is 4.39 Å². The predicted octanol–water partition coefficient (Wildman–Crippen LogP) is 1.50. The molecule has 1 aliphatic rings. The highest BCUT2D eigenvalue weighted by atomic mass is 19.1. The van der Waals surface area contributed by atoms with Gasteiger partial charge in [0, 0.05) is 6.54 Å². The highest BCUT2D eigenvalue weighted by molar-refractivity contribution is 5.13. The lowest BCUT2D eigenvalue weighted by Gasteiger charge is -2.34. The van der Waals surface area contributed by atoms with Crippen LogP contribution in [0, 0.1) is 11.7 Å². The SMILES string of the molecule is CC1CNC1c1ccc(F)cn1. The van der Waals surface area contributed by atoms with E-state index in [4.69, 9.17) is 0 Å². The Morgan fingerprint density at radius 1 is 1.58 bits per heavy atom. The van der Waals surface area contributed by atoms with Crippen molar-refractivity contribution in [2.24, 2.45) is 5.92 Å². The number of pyridine rings is 1. The second-order valence-corrected chi connectivity index (χ2v) is 3.26. The summed E-state index contributed by atoms with van der Waals surface area (Å²) in [5.74, 6) is 0.341. The molecule has 2 unspecified atom stereocenters. The molecule has 2 nitrogen and oxygen atoms in total. The molecule has 2 heterocycles. The number of nitrogens with zero attached hydrogens (tertiary/aromatic N) is 1. The highest BCUT2D eigenvalue weighted by Gasteiger charge is 2.28. The topological polar surface area (TPSA) is 24.9 Å². The van der Waals surface area contributed by atoms with Crippen LogP contribution in [-0.2, 0) is 0 Å². The summed E-state index contributed by atoms with van der Waals surface area (Å²) < 4.78 is 12.5. The van der Waals surface area contributed by atoms with Crippen LogP contribution in [0.25, 0.3) is 0 Å². The van der Waals surface area contributed by atoms with Crippen LogP contribution < -0.4 is 5.32 Å². The van der Waals surface area contributed by atoms with E-state index in [2.05, 4.69) is 17.2 Å². The molecule has 3 heteroatoms. The average Bonchev–Trinajstić information content (AvgIpc) is 2.06. The molecule has 0 bridgehead atoms. The highest BCUT2D eigenvalue weighted by Crippen LogP contribution is 2.26. The molecule has 0 spiro atoms. The molecule has 1 aromatic rings. The summed E-state index contributed by atoms with van der Waals surface area (Å²) >= 11 is 0. The van der Waals surface area contributed by atoms with Crippen molar-refractivity contribution in [2.75, 3.05) is 6.54 Å². The lowest BCUT2D eigenvalue weighted by atomic mass is 9.91. The number of halogens is 1. The minimum Gasteiger partial charge on any atom is -0.308 e. The molecule has 1 aliphatic heterocycles. The fraction of sp³-hybridized carbons (Fsp3) is 0.444. The molecule has 2 rings (SSSR count). The van der Waals surface area contributed by atoms with Gasteiger partial charge in [-0.15, -0.1) is 0 Å². The Balaban J connectivity index is 2.18. The van der Waals surface area contributed by atoms with Crippen LogP contribution in [-0.4, -0.2) is 11.5 Å². The Labute approximate surface area is 70.8 Å². The summed E-state index contributed by atoms with van der Waals surface area (Å²) in [4.78, 5) is 4.01. The normalized spacial score (nSPS) is 28.2. The first-order valence-corrected chi connectivity index (χ1v) is 4.12. The van der Waals surface area contributed by atoms with Crippen LogP contribution in [0.1, 0.15) is 18.7 Å². The van der Waals surface area contributed by atoms with E-state index in [0.29, 0.717) is 12.0 Å². The van der Waals surface area contributed by atoms with Gasteiger partial charge in [-0.05, 0) is 18.1 Å². The first-order valence-electron chi connectivity index (χ1n) is 4.12. The maximum absolute atomic E-state index is 12.5. The molecule has 2 atom stereocenters. The largest absolute Gasteiger partial charge is 0.308 e. The van der Waals surface area contributed by atoms with E-state index >= 15 is 0 Å². The van der Waals surface area contributed by atoms with E-state index in [-0.39, 0.29) is 5.82 Å². The van der Waals surface area contributed by atoms with Gasteiger partial charge in [-0.3, -0.25) is 4.98 Å². The number of rotatable bonds is 1. The van der Waals surface area contributed by atoms with Gasteiger partial charge in [0.1, 0.15) is 5.82 Å². The van der Waals surface area contributed by atoms with Gasteiger partial charge in [0.15, 0.2) is 0 Å². The average molecular weight is 166 g/mol. The van der Waals surface area contributed by atoms with Gasteiger partial charge in [0.25, 0.3) is 0 Å². The van der Waals surface area contributed by atoms with Crippen molar-refractivity contribution in [3.05, 3.63) is 29.8 Å². The lowest BCUT2D eigenvalue weighted by molar-refractivity contribution is 0.252. The van der Waals surface area contributed by atoms with Crippen LogP contribution in [0.15, 0.2) is 18.3 Å². The summed E-state index contributed by atoms with van der Waals surface area (Å²) in [6.45, 7) is 3.19. The number of nitrogens with one attached hydrogen (secondary N) is 1. The number of hydrogen-bond acceptors (Lipinski definition) is 2. The van der Waals surface area contributed by atoms with Crippen LogP contribution in [0.5, 0.6) is 0 Å². The van der Waals surface area contributed by atoms with Crippen molar-refractivity contribution < 1.29 is 4.39 Å². The second-order valence-electron chi connectivity index (χ2n) is 3.26. The summed E-state index contributed by atoms with van der Waals surface area (Å²) in [5, 5.41) is 3.25. The standard InChI is InChI=1S/C9H11FN2/c1-6-4-12-9(6)8-3-2-7(10)5-11-8/h2-3,5-6,9,12H,4H2,1H3. The van der Waals surface area contributed by atoms with Gasteiger partial charge >= 0.3 is 0 Å². The van der Waals surface area contributed by atoms with Crippen molar-refractivity contribution in [3.8, 4) is 0 Å². The van der Waals surface area contributed by atoms with E-state index in [1.165, 1.54) is 12.3 Å². The van der Waals surface area contributed by atoms with Crippen LogP contribution in [0.4, 0.5) is 4.39 Å². The molecule has 0 aliphatic carbocycles. The minimum absolute atomic E-state index is 0.272. The third-order valence-electron chi connectivity index (χ3n) is 2.30. The summed E-state index contributed by atoms with van der Waals surface area (Å²) in [5.41, 5.74) is 0.940. The van der Waals surface area contributed by atoms with Crippen molar-refractivity contribution in [1.29, 1.82) is 0 Å². The lowest BCUT2D eigenvalue weighted by Crippen LogP contribution is -2.44. The van der Waals surface area contributed by atoms with E-state index in [1.807, 2.05) is 0 Å². The maximum Gasteiger partial charge on any atom is 0.141 e. The third kappa shape index (κ3) is 1.20. The van der Waals surface area contributed by atoms with E-state index in [0.717, 1.165) is 12.2 Å². The van der Waals surface area contributed by atoms with Crippen LogP contribution in [0.2, 0.25) is 0 Å². The first-order chi connectivity index (χ1) is 5.77. The van der Waals surface area contributed by atoms with Crippen LogP contribution >= 0.6 is 0 Å². The van der Waals surface area contributed by atoms with Gasteiger partial charge in [0.05, 0.1) is 17.9 Å². The Kier molecular flexibility index (Phi) is 1.81. The Hall–Kier alpha value is -0.960.